The zero-order chi connectivity index (χ0) is 24.1. The molecule has 1 aromatic carbocycles. The van der Waals surface area contributed by atoms with Gasteiger partial charge in [0, 0.05) is 24.1 Å². The number of piperidine rings is 1. The van der Waals surface area contributed by atoms with Gasteiger partial charge in [0.1, 0.15) is 25.2 Å². The van der Waals surface area contributed by atoms with Crippen LogP contribution >= 0.6 is 0 Å². The van der Waals surface area contributed by atoms with Crippen molar-refractivity contribution in [2.24, 2.45) is 0 Å². The smallest absolute Gasteiger partial charge is 0.460 e. The highest BCUT2D eigenvalue weighted by molar-refractivity contribution is 5.77. The summed E-state index contributed by atoms with van der Waals surface area (Å²) in [6, 6.07) is -0.677. The number of alkyl halides is 9. The van der Waals surface area contributed by atoms with Crippen LogP contribution in [0.25, 0.3) is 0 Å². The van der Waals surface area contributed by atoms with E-state index >= 15 is 0 Å². The fourth-order valence-corrected chi connectivity index (χ4v) is 3.87. The maximum Gasteiger partial charge on any atom is 0.460 e. The predicted octanol–water partition coefficient (Wildman–Crippen LogP) is 4.46. The third kappa shape index (κ3) is 3.57. The Kier molecular flexibility index (Phi) is 6.11. The van der Waals surface area contributed by atoms with E-state index in [1.54, 1.807) is 0 Å². The van der Waals surface area contributed by atoms with E-state index in [-0.39, 0.29) is 25.1 Å². The summed E-state index contributed by atoms with van der Waals surface area (Å²) >= 11 is 0. The summed E-state index contributed by atoms with van der Waals surface area (Å²) in [6.07, 6.45) is -7.96. The minimum absolute atomic E-state index is 0.0420. The van der Waals surface area contributed by atoms with Gasteiger partial charge in [-0.15, -0.1) is 0 Å². The Bertz CT molecular complexity index is 870. The molecule has 1 aromatic rings. The molecule has 2 heterocycles. The van der Waals surface area contributed by atoms with Crippen molar-refractivity contribution in [1.29, 1.82) is 0 Å². The van der Waals surface area contributed by atoms with Crippen LogP contribution in [-0.4, -0.2) is 59.6 Å². The number of aliphatic hydroxyl groups is 1. The van der Waals surface area contributed by atoms with Gasteiger partial charge in [0.05, 0.1) is 6.04 Å². The maximum atomic E-state index is 14.3. The van der Waals surface area contributed by atoms with E-state index in [1.165, 1.54) is 0 Å². The molecule has 0 unspecified atom stereocenters. The van der Waals surface area contributed by atoms with Gasteiger partial charge in [0.15, 0.2) is 5.60 Å². The highest BCUT2D eigenvalue weighted by atomic mass is 19.4. The molecule has 2 aliphatic rings. The Morgan fingerprint density at radius 2 is 1.69 bits per heavy atom. The number of carbonyl (C=O) groups excluding carboxylic acids is 1. The van der Waals surface area contributed by atoms with Gasteiger partial charge in [0.2, 0.25) is 5.91 Å². The van der Waals surface area contributed by atoms with Crippen molar-refractivity contribution in [2.45, 2.75) is 55.0 Å². The molecule has 1 saturated heterocycles. The van der Waals surface area contributed by atoms with Crippen molar-refractivity contribution >= 4 is 5.91 Å². The first-order chi connectivity index (χ1) is 14.7. The number of likely N-dealkylation sites (tertiary alicyclic amines) is 1. The van der Waals surface area contributed by atoms with Crippen LogP contribution in [0.4, 0.5) is 39.5 Å². The molecule has 32 heavy (non-hydrogen) atoms. The molecule has 1 fully saturated rings. The number of ether oxygens (including phenoxy) is 1. The average Bonchev–Trinajstić information content (AvgIpc) is 2.73. The van der Waals surface area contributed by atoms with Gasteiger partial charge < -0.3 is 14.7 Å². The van der Waals surface area contributed by atoms with Crippen molar-refractivity contribution in [3.05, 3.63) is 29.3 Å². The Labute approximate surface area is 175 Å². The van der Waals surface area contributed by atoms with Crippen LogP contribution in [-0.2, 0) is 10.7 Å². The molecular formula is C19H18F9NO3. The number of halogens is 9. The van der Waals surface area contributed by atoms with Crippen molar-refractivity contribution < 1.29 is 54.2 Å². The van der Waals surface area contributed by atoms with Crippen molar-refractivity contribution in [1.82, 2.24) is 4.90 Å². The van der Waals surface area contributed by atoms with Crippen LogP contribution in [0, 0.1) is 0 Å². The summed E-state index contributed by atoms with van der Waals surface area (Å²) < 4.78 is 126. The van der Waals surface area contributed by atoms with E-state index < -0.39 is 71.9 Å². The summed E-state index contributed by atoms with van der Waals surface area (Å²) in [5.74, 6) is -13.3. The minimum atomic E-state index is -6.58. The Morgan fingerprint density at radius 3 is 2.22 bits per heavy atom. The van der Waals surface area contributed by atoms with E-state index in [0.29, 0.717) is 18.9 Å². The first-order valence-corrected chi connectivity index (χ1v) is 9.49. The number of rotatable bonds is 5. The molecule has 0 bridgehead atoms. The fourth-order valence-electron chi connectivity index (χ4n) is 3.87. The summed E-state index contributed by atoms with van der Waals surface area (Å²) in [7, 11) is 0. The monoisotopic (exact) mass is 479 g/mol. The van der Waals surface area contributed by atoms with Crippen LogP contribution in [0.15, 0.2) is 18.2 Å². The van der Waals surface area contributed by atoms with Gasteiger partial charge in [-0.25, -0.2) is 8.78 Å². The van der Waals surface area contributed by atoms with Gasteiger partial charge in [-0.05, 0) is 31.0 Å². The number of aliphatic hydroxyl groups excluding tert-OH is 1. The van der Waals surface area contributed by atoms with Crippen molar-refractivity contribution in [2.75, 3.05) is 19.9 Å². The van der Waals surface area contributed by atoms with Crippen LogP contribution in [0.5, 0.6) is 5.75 Å². The van der Waals surface area contributed by atoms with E-state index in [4.69, 9.17) is 4.74 Å². The molecule has 180 valence electrons. The lowest BCUT2D eigenvalue weighted by Gasteiger charge is -2.48. The van der Waals surface area contributed by atoms with Crippen molar-refractivity contribution in [3.63, 3.8) is 0 Å². The SMILES string of the molecule is O=C1CCCCN1[C@@H]1c2cc(C(F)(F)C(F)(F)C(F)(F)F)ccc2OC(CF)(CF)[C@H]1O. The number of benzene rings is 1. The largest absolute Gasteiger partial charge is 0.479 e. The summed E-state index contributed by atoms with van der Waals surface area (Å²) in [5, 5.41) is 10.7. The topological polar surface area (TPSA) is 49.8 Å². The minimum Gasteiger partial charge on any atom is -0.479 e. The van der Waals surface area contributed by atoms with Crippen LogP contribution in [0.3, 0.4) is 0 Å². The van der Waals surface area contributed by atoms with Gasteiger partial charge >= 0.3 is 18.0 Å². The molecule has 13 heteroatoms. The van der Waals surface area contributed by atoms with Crippen LogP contribution in [0.1, 0.15) is 36.4 Å². The third-order valence-corrected chi connectivity index (χ3v) is 5.74. The van der Waals surface area contributed by atoms with E-state index in [9.17, 15) is 49.4 Å². The molecule has 3 rings (SSSR count). The number of nitrogens with zero attached hydrogens (tertiary/aromatic N) is 1. The Balaban J connectivity index is 2.17. The van der Waals surface area contributed by atoms with Gasteiger partial charge in [-0.1, -0.05) is 0 Å². The highest BCUT2D eigenvalue weighted by Gasteiger charge is 2.73. The van der Waals surface area contributed by atoms with E-state index in [2.05, 4.69) is 0 Å². The zero-order valence-electron chi connectivity index (χ0n) is 16.2. The molecule has 4 nitrogen and oxygen atoms in total. The number of amides is 1. The van der Waals surface area contributed by atoms with Gasteiger partial charge in [-0.3, -0.25) is 4.79 Å². The quantitative estimate of drug-likeness (QED) is 0.635. The summed E-state index contributed by atoms with van der Waals surface area (Å²) in [5.41, 5.74) is -4.84. The van der Waals surface area contributed by atoms with Crippen LogP contribution < -0.4 is 4.74 Å². The molecule has 0 spiro atoms. The molecular weight excluding hydrogens is 461 g/mol. The number of fused-ring (bicyclic) bond motifs is 1. The molecule has 1 amide bonds. The fraction of sp³-hybridized carbons (Fsp3) is 0.632. The first-order valence-electron chi connectivity index (χ1n) is 9.49. The van der Waals surface area contributed by atoms with E-state index in [1.807, 2.05) is 0 Å². The summed E-state index contributed by atoms with van der Waals surface area (Å²) in [6.45, 7) is -3.24. The second-order valence-corrected chi connectivity index (χ2v) is 7.77. The standard InChI is InChI=1S/C19H18F9NO3/c20-8-16(9-21)15(31)14(29-6-2-1-3-13(29)30)11-7-10(4-5-12(11)32-16)17(22,23)18(24,25)19(26,27)28/h4-5,7,14-15,31H,1-3,6,8-9H2/t14-,15+/m1/s1. The molecule has 0 saturated carbocycles. The predicted molar refractivity (Wildman–Crippen MR) is 91.0 cm³/mol. The first kappa shape index (κ1) is 24.5. The number of hydrogen-bond donors (Lipinski definition) is 1. The normalized spacial score (nSPS) is 24.2. The van der Waals surface area contributed by atoms with E-state index in [0.717, 1.165) is 4.90 Å². The maximum absolute atomic E-state index is 14.3. The lowest BCUT2D eigenvalue weighted by Crippen LogP contribution is -2.61. The summed E-state index contributed by atoms with van der Waals surface area (Å²) in [4.78, 5) is 13.3. The third-order valence-electron chi connectivity index (χ3n) is 5.74. The molecule has 2 atom stereocenters. The number of carbonyl (C=O) groups is 1. The molecule has 0 aliphatic carbocycles. The molecule has 0 radical (unpaired) electrons. The number of hydrogen-bond acceptors (Lipinski definition) is 3. The molecule has 2 aliphatic heterocycles. The average molecular weight is 479 g/mol. The lowest BCUT2D eigenvalue weighted by atomic mass is 9.82. The lowest BCUT2D eigenvalue weighted by molar-refractivity contribution is -0.359. The second kappa shape index (κ2) is 7.99. The Morgan fingerprint density at radius 1 is 1.06 bits per heavy atom. The van der Waals surface area contributed by atoms with Crippen LogP contribution in [0.2, 0.25) is 0 Å². The van der Waals surface area contributed by atoms with Crippen molar-refractivity contribution in [3.8, 4) is 5.75 Å². The zero-order valence-corrected chi connectivity index (χ0v) is 16.2. The molecule has 0 aromatic heterocycles. The van der Waals surface area contributed by atoms with Gasteiger partial charge in [-0.2, -0.15) is 30.7 Å². The second-order valence-electron chi connectivity index (χ2n) is 7.77. The molecule has 1 N–H and O–H groups in total. The highest BCUT2D eigenvalue weighted by Crippen LogP contribution is 2.53. The van der Waals surface area contributed by atoms with Gasteiger partial charge in [0.25, 0.3) is 0 Å². The Hall–Kier alpha value is -2.18.